The summed E-state index contributed by atoms with van der Waals surface area (Å²) < 4.78 is 24.5. The van der Waals surface area contributed by atoms with Crippen LogP contribution in [0.5, 0.6) is 17.2 Å². The number of methoxy groups -OCH3 is 3. The summed E-state index contributed by atoms with van der Waals surface area (Å²) in [5.74, 6) is 2.76. The first kappa shape index (κ1) is 19.3. The van der Waals surface area contributed by atoms with Gasteiger partial charge in [-0.15, -0.1) is 0 Å². The van der Waals surface area contributed by atoms with Gasteiger partial charge in [-0.3, -0.25) is 0 Å². The van der Waals surface area contributed by atoms with Crippen molar-refractivity contribution in [3.05, 3.63) is 71.5 Å². The van der Waals surface area contributed by atoms with Crippen LogP contribution in [0.1, 0.15) is 16.7 Å². The van der Waals surface area contributed by atoms with E-state index < -0.39 is 0 Å². The Bertz CT molecular complexity index is 1200. The fourth-order valence-electron chi connectivity index (χ4n) is 4.45. The molecule has 4 aromatic rings. The summed E-state index contributed by atoms with van der Waals surface area (Å²) in [6, 6.07) is 14.5. The molecule has 0 atom stereocenters. The Hall–Kier alpha value is -3.67. The van der Waals surface area contributed by atoms with Gasteiger partial charge in [0.25, 0.3) is 0 Å². The van der Waals surface area contributed by atoms with E-state index in [1.807, 2.05) is 24.4 Å². The van der Waals surface area contributed by atoms with Gasteiger partial charge in [0.1, 0.15) is 0 Å². The van der Waals surface area contributed by atoms with E-state index in [0.717, 1.165) is 35.3 Å². The van der Waals surface area contributed by atoms with Gasteiger partial charge in [-0.2, -0.15) is 0 Å². The number of nitrogens with zero attached hydrogens (tertiary/aromatic N) is 2. The normalized spacial score (nSPS) is 12.2. The Morgan fingerprint density at radius 1 is 0.968 bits per heavy atom. The minimum absolute atomic E-state index is 0.593. The van der Waals surface area contributed by atoms with Gasteiger partial charge in [-0.25, -0.2) is 0 Å². The molecule has 0 saturated carbocycles. The topological polar surface area (TPSA) is 58.7 Å². The molecule has 6 nitrogen and oxygen atoms in total. The molecule has 0 amide bonds. The van der Waals surface area contributed by atoms with Crippen molar-refractivity contribution in [1.82, 2.24) is 9.72 Å². The molecule has 0 bridgehead atoms. The van der Waals surface area contributed by atoms with Crippen LogP contribution in [0.25, 0.3) is 22.6 Å². The highest BCUT2D eigenvalue weighted by molar-refractivity contribution is 5.78. The van der Waals surface area contributed by atoms with E-state index in [1.54, 1.807) is 21.3 Å². The van der Waals surface area contributed by atoms with Gasteiger partial charge in [0.2, 0.25) is 5.75 Å². The van der Waals surface area contributed by atoms with Crippen molar-refractivity contribution in [2.45, 2.75) is 19.4 Å². The van der Waals surface area contributed by atoms with Crippen molar-refractivity contribution in [3.8, 4) is 39.8 Å². The SMILES string of the molecule is COc1cc(Cn2cc3c(c2-c2ccccc2)CCc2cnoc2-3)cc(OC)c1OC. The predicted octanol–water partition coefficient (Wildman–Crippen LogP) is 4.98. The van der Waals surface area contributed by atoms with E-state index in [-0.39, 0.29) is 0 Å². The first-order valence-electron chi connectivity index (χ1n) is 10.2. The standard InChI is InChI=1S/C25H24N2O4/c1-28-21-11-16(12-22(29-2)25(21)30-3)14-27-15-20-19(10-9-18-13-26-31-24(18)20)23(27)17-7-5-4-6-8-17/h4-8,11-13,15H,9-10,14H2,1-3H3. The molecule has 0 saturated heterocycles. The Balaban J connectivity index is 1.65. The van der Waals surface area contributed by atoms with E-state index in [4.69, 9.17) is 18.7 Å². The lowest BCUT2D eigenvalue weighted by atomic mass is 9.91. The zero-order chi connectivity index (χ0) is 21.4. The highest BCUT2D eigenvalue weighted by Gasteiger charge is 2.27. The van der Waals surface area contributed by atoms with Crippen molar-refractivity contribution >= 4 is 0 Å². The van der Waals surface area contributed by atoms with Gasteiger partial charge in [0, 0.05) is 23.9 Å². The maximum absolute atomic E-state index is 5.62. The number of hydrogen-bond donors (Lipinski definition) is 0. The monoisotopic (exact) mass is 416 g/mol. The molecule has 0 aliphatic heterocycles. The summed E-state index contributed by atoms with van der Waals surface area (Å²) in [4.78, 5) is 0. The predicted molar refractivity (Wildman–Crippen MR) is 118 cm³/mol. The lowest BCUT2D eigenvalue weighted by Gasteiger charge is -2.16. The fourth-order valence-corrected chi connectivity index (χ4v) is 4.45. The van der Waals surface area contributed by atoms with Crippen LogP contribution in [0.4, 0.5) is 0 Å². The van der Waals surface area contributed by atoms with Gasteiger partial charge in [0.15, 0.2) is 17.3 Å². The summed E-state index contributed by atoms with van der Waals surface area (Å²) in [7, 11) is 4.88. The number of ether oxygens (including phenoxy) is 3. The molecule has 0 unspecified atom stereocenters. The second-order valence-corrected chi connectivity index (χ2v) is 7.58. The molecule has 158 valence electrons. The van der Waals surface area contributed by atoms with Crippen molar-refractivity contribution < 1.29 is 18.7 Å². The second kappa shape index (κ2) is 7.87. The maximum atomic E-state index is 5.62. The smallest absolute Gasteiger partial charge is 0.203 e. The summed E-state index contributed by atoms with van der Waals surface area (Å²) in [5.41, 5.74) is 7.01. The highest BCUT2D eigenvalue weighted by Crippen LogP contribution is 2.42. The molecule has 0 spiro atoms. The van der Waals surface area contributed by atoms with E-state index in [9.17, 15) is 0 Å². The first-order chi connectivity index (χ1) is 15.2. The molecule has 1 aliphatic rings. The fraction of sp³-hybridized carbons (Fsp3) is 0.240. The van der Waals surface area contributed by atoms with Crippen LogP contribution in [0, 0.1) is 0 Å². The first-order valence-corrected chi connectivity index (χ1v) is 10.2. The third-order valence-electron chi connectivity index (χ3n) is 5.84. The average molecular weight is 416 g/mol. The number of fused-ring (bicyclic) bond motifs is 3. The van der Waals surface area contributed by atoms with Crippen molar-refractivity contribution in [2.24, 2.45) is 0 Å². The number of aromatic nitrogens is 2. The molecular formula is C25H24N2O4. The molecule has 31 heavy (non-hydrogen) atoms. The Kier molecular flexibility index (Phi) is 4.90. The van der Waals surface area contributed by atoms with E-state index >= 15 is 0 Å². The zero-order valence-corrected chi connectivity index (χ0v) is 17.8. The number of rotatable bonds is 6. The van der Waals surface area contributed by atoms with E-state index in [2.05, 4.69) is 40.2 Å². The molecule has 0 fully saturated rings. The van der Waals surface area contributed by atoms with Crippen molar-refractivity contribution in [2.75, 3.05) is 21.3 Å². The summed E-state index contributed by atoms with van der Waals surface area (Å²) >= 11 is 0. The summed E-state index contributed by atoms with van der Waals surface area (Å²) in [6.45, 7) is 0.650. The van der Waals surface area contributed by atoms with Crippen LogP contribution in [0.3, 0.4) is 0 Å². The van der Waals surface area contributed by atoms with Gasteiger partial charge < -0.3 is 23.3 Å². The molecule has 2 aromatic carbocycles. The molecule has 5 rings (SSSR count). The van der Waals surface area contributed by atoms with Gasteiger partial charge in [0.05, 0.1) is 33.2 Å². The van der Waals surface area contributed by atoms with Gasteiger partial charge >= 0.3 is 0 Å². The quantitative estimate of drug-likeness (QED) is 0.444. The lowest BCUT2D eigenvalue weighted by Crippen LogP contribution is -2.04. The summed E-state index contributed by atoms with van der Waals surface area (Å²) in [5, 5.41) is 4.03. The molecular weight excluding hydrogens is 392 g/mol. The molecule has 2 aromatic heterocycles. The third-order valence-corrected chi connectivity index (χ3v) is 5.84. The van der Waals surface area contributed by atoms with Crippen LogP contribution < -0.4 is 14.2 Å². The minimum Gasteiger partial charge on any atom is -0.493 e. The molecule has 0 N–H and O–H groups in total. The Labute approximate surface area is 181 Å². The van der Waals surface area contributed by atoms with Gasteiger partial charge in [-0.05, 0) is 41.7 Å². The third kappa shape index (κ3) is 3.24. The Morgan fingerprint density at radius 2 is 1.71 bits per heavy atom. The number of aryl methyl sites for hydroxylation is 1. The van der Waals surface area contributed by atoms with Crippen LogP contribution in [0.2, 0.25) is 0 Å². The average Bonchev–Trinajstić information content (AvgIpc) is 3.43. The van der Waals surface area contributed by atoms with Crippen molar-refractivity contribution in [3.63, 3.8) is 0 Å². The minimum atomic E-state index is 0.593. The zero-order valence-electron chi connectivity index (χ0n) is 17.8. The van der Waals surface area contributed by atoms with E-state index in [0.29, 0.717) is 23.8 Å². The lowest BCUT2D eigenvalue weighted by molar-refractivity contribution is 0.323. The number of benzene rings is 2. The van der Waals surface area contributed by atoms with Crippen LogP contribution in [-0.2, 0) is 19.4 Å². The molecule has 2 heterocycles. The molecule has 6 heteroatoms. The van der Waals surface area contributed by atoms with Crippen LogP contribution in [-0.4, -0.2) is 31.1 Å². The second-order valence-electron chi connectivity index (χ2n) is 7.58. The largest absolute Gasteiger partial charge is 0.493 e. The van der Waals surface area contributed by atoms with Gasteiger partial charge in [-0.1, -0.05) is 35.5 Å². The molecule has 1 aliphatic carbocycles. The maximum Gasteiger partial charge on any atom is 0.203 e. The summed E-state index contributed by atoms with van der Waals surface area (Å²) in [6.07, 6.45) is 5.89. The van der Waals surface area contributed by atoms with E-state index in [1.165, 1.54) is 16.8 Å². The van der Waals surface area contributed by atoms with Crippen LogP contribution in [0.15, 0.2) is 59.4 Å². The number of hydrogen-bond acceptors (Lipinski definition) is 5. The Morgan fingerprint density at radius 3 is 2.39 bits per heavy atom. The highest BCUT2D eigenvalue weighted by atomic mass is 16.5. The van der Waals surface area contributed by atoms with Crippen LogP contribution >= 0.6 is 0 Å². The van der Waals surface area contributed by atoms with Crippen molar-refractivity contribution in [1.29, 1.82) is 0 Å². The molecule has 0 radical (unpaired) electrons.